The Hall–Kier alpha value is -3.30. The van der Waals surface area contributed by atoms with E-state index in [2.05, 4.69) is 0 Å². The Bertz CT molecular complexity index is 876. The van der Waals surface area contributed by atoms with E-state index >= 15 is 0 Å². The standard InChI is InChI=1S/C17H16F3N3O4/c1-11-4-6-12(7-5-11)27-10-15(25)22-21-14(24)9-23-8-2-3-13(16(23)26)17(18,19)20/h2-8H,9-10H2,1H3,(H,21,24)(H,22,25). The summed E-state index contributed by atoms with van der Waals surface area (Å²) in [5.74, 6) is -1.10. The molecule has 1 aromatic heterocycles. The number of halogens is 3. The second kappa shape index (κ2) is 8.39. The first kappa shape index (κ1) is 20.0. The summed E-state index contributed by atoms with van der Waals surface area (Å²) in [6, 6.07) is 8.55. The van der Waals surface area contributed by atoms with E-state index < -0.39 is 35.7 Å². The minimum absolute atomic E-state index is 0.382. The van der Waals surface area contributed by atoms with Crippen LogP contribution >= 0.6 is 0 Å². The minimum atomic E-state index is -4.82. The minimum Gasteiger partial charge on any atom is -0.484 e. The van der Waals surface area contributed by atoms with E-state index in [-0.39, 0.29) is 6.61 Å². The van der Waals surface area contributed by atoms with E-state index in [0.29, 0.717) is 16.4 Å². The number of rotatable bonds is 5. The van der Waals surface area contributed by atoms with Crippen molar-refractivity contribution in [3.63, 3.8) is 0 Å². The smallest absolute Gasteiger partial charge is 0.421 e. The van der Waals surface area contributed by atoms with Crippen LogP contribution in [0.5, 0.6) is 5.75 Å². The van der Waals surface area contributed by atoms with Crippen LogP contribution in [0.3, 0.4) is 0 Å². The first-order chi connectivity index (χ1) is 12.7. The number of carbonyl (C=O) groups excluding carboxylic acids is 2. The second-order valence-corrected chi connectivity index (χ2v) is 5.55. The largest absolute Gasteiger partial charge is 0.484 e. The van der Waals surface area contributed by atoms with Crippen LogP contribution in [-0.2, 0) is 22.3 Å². The molecule has 1 heterocycles. The molecular formula is C17H16F3N3O4. The average molecular weight is 383 g/mol. The zero-order valence-corrected chi connectivity index (χ0v) is 14.2. The molecule has 0 aliphatic heterocycles. The van der Waals surface area contributed by atoms with Gasteiger partial charge in [-0.1, -0.05) is 17.7 Å². The molecule has 2 N–H and O–H groups in total. The lowest BCUT2D eigenvalue weighted by Crippen LogP contribution is -2.46. The first-order valence-electron chi connectivity index (χ1n) is 7.70. The molecule has 2 amide bonds. The SMILES string of the molecule is Cc1ccc(OCC(=O)NNC(=O)Cn2cccc(C(F)(F)F)c2=O)cc1. The molecule has 0 saturated carbocycles. The summed E-state index contributed by atoms with van der Waals surface area (Å²) in [6.45, 7) is 0.816. The van der Waals surface area contributed by atoms with E-state index in [0.717, 1.165) is 17.8 Å². The number of nitrogens with zero attached hydrogens (tertiary/aromatic N) is 1. The highest BCUT2D eigenvalue weighted by Gasteiger charge is 2.34. The van der Waals surface area contributed by atoms with Crippen LogP contribution in [0.2, 0.25) is 0 Å². The maximum atomic E-state index is 12.7. The number of ether oxygens (including phenoxy) is 1. The predicted octanol–water partition coefficient (Wildman–Crippen LogP) is 1.40. The van der Waals surface area contributed by atoms with Gasteiger partial charge in [0.2, 0.25) is 0 Å². The number of benzene rings is 1. The monoisotopic (exact) mass is 383 g/mol. The van der Waals surface area contributed by atoms with Crippen molar-refractivity contribution in [2.75, 3.05) is 6.61 Å². The predicted molar refractivity (Wildman–Crippen MR) is 88.7 cm³/mol. The van der Waals surface area contributed by atoms with E-state index in [1.54, 1.807) is 24.3 Å². The van der Waals surface area contributed by atoms with Crippen molar-refractivity contribution in [3.8, 4) is 5.75 Å². The van der Waals surface area contributed by atoms with Crippen molar-refractivity contribution in [2.24, 2.45) is 0 Å². The van der Waals surface area contributed by atoms with Gasteiger partial charge in [-0.25, -0.2) is 0 Å². The fourth-order valence-electron chi connectivity index (χ4n) is 2.03. The summed E-state index contributed by atoms with van der Waals surface area (Å²) in [7, 11) is 0. The molecule has 27 heavy (non-hydrogen) atoms. The molecule has 0 atom stereocenters. The van der Waals surface area contributed by atoms with Gasteiger partial charge in [0.25, 0.3) is 17.4 Å². The zero-order valence-electron chi connectivity index (χ0n) is 14.2. The van der Waals surface area contributed by atoms with Gasteiger partial charge in [0, 0.05) is 6.20 Å². The van der Waals surface area contributed by atoms with Crippen LogP contribution in [0, 0.1) is 6.92 Å². The van der Waals surface area contributed by atoms with Crippen LogP contribution in [0.1, 0.15) is 11.1 Å². The lowest BCUT2D eigenvalue weighted by Gasteiger charge is -2.11. The number of nitrogens with one attached hydrogen (secondary N) is 2. The van der Waals surface area contributed by atoms with E-state index in [1.165, 1.54) is 0 Å². The molecule has 0 bridgehead atoms. The molecule has 0 fully saturated rings. The molecule has 1 aromatic carbocycles. The van der Waals surface area contributed by atoms with Crippen molar-refractivity contribution >= 4 is 11.8 Å². The van der Waals surface area contributed by atoms with Crippen LogP contribution in [0.4, 0.5) is 13.2 Å². The van der Waals surface area contributed by atoms with Crippen LogP contribution in [0.25, 0.3) is 0 Å². The normalized spacial score (nSPS) is 11.0. The average Bonchev–Trinajstić information content (AvgIpc) is 2.60. The Kier molecular flexibility index (Phi) is 6.22. The third kappa shape index (κ3) is 5.87. The first-order valence-corrected chi connectivity index (χ1v) is 7.70. The Labute approximate surface area is 151 Å². The zero-order chi connectivity index (χ0) is 20.0. The Morgan fingerprint density at radius 2 is 1.70 bits per heavy atom. The van der Waals surface area contributed by atoms with Crippen LogP contribution in [-0.4, -0.2) is 23.0 Å². The molecule has 2 rings (SSSR count). The number of hydrogen-bond donors (Lipinski definition) is 2. The van der Waals surface area contributed by atoms with Crippen molar-refractivity contribution in [1.82, 2.24) is 15.4 Å². The van der Waals surface area contributed by atoms with Gasteiger partial charge in [0.15, 0.2) is 6.61 Å². The molecule has 144 valence electrons. The molecule has 0 aliphatic carbocycles. The van der Waals surface area contributed by atoms with Crippen molar-refractivity contribution in [3.05, 3.63) is 64.1 Å². The number of carbonyl (C=O) groups is 2. The fourth-order valence-corrected chi connectivity index (χ4v) is 2.03. The Morgan fingerprint density at radius 3 is 2.33 bits per heavy atom. The molecule has 0 aliphatic rings. The Balaban J connectivity index is 1.85. The van der Waals surface area contributed by atoms with Gasteiger partial charge in [0.05, 0.1) is 0 Å². The highest BCUT2D eigenvalue weighted by molar-refractivity contribution is 5.82. The van der Waals surface area contributed by atoms with Gasteiger partial charge in [-0.2, -0.15) is 13.2 Å². The van der Waals surface area contributed by atoms with Crippen molar-refractivity contribution in [2.45, 2.75) is 19.6 Å². The summed E-state index contributed by atoms with van der Waals surface area (Å²) in [5.41, 5.74) is 2.33. The molecule has 10 heteroatoms. The summed E-state index contributed by atoms with van der Waals surface area (Å²) < 4.78 is 43.8. The maximum Gasteiger partial charge on any atom is 0.421 e. The summed E-state index contributed by atoms with van der Waals surface area (Å²) in [4.78, 5) is 35.1. The van der Waals surface area contributed by atoms with Gasteiger partial charge >= 0.3 is 6.18 Å². The molecule has 0 spiro atoms. The lowest BCUT2D eigenvalue weighted by atomic mass is 10.2. The van der Waals surface area contributed by atoms with E-state index in [4.69, 9.17) is 4.74 Å². The van der Waals surface area contributed by atoms with Crippen molar-refractivity contribution in [1.29, 1.82) is 0 Å². The quantitative estimate of drug-likeness (QED) is 0.764. The number of aryl methyl sites for hydroxylation is 1. The Morgan fingerprint density at radius 1 is 1.07 bits per heavy atom. The van der Waals surface area contributed by atoms with Gasteiger partial charge in [0.1, 0.15) is 17.9 Å². The number of amides is 2. The van der Waals surface area contributed by atoms with Gasteiger partial charge < -0.3 is 9.30 Å². The molecule has 0 saturated heterocycles. The van der Waals surface area contributed by atoms with Crippen LogP contribution < -0.4 is 21.1 Å². The van der Waals surface area contributed by atoms with Gasteiger partial charge in [-0.05, 0) is 31.2 Å². The topological polar surface area (TPSA) is 89.4 Å². The summed E-state index contributed by atoms with van der Waals surface area (Å²) in [5, 5.41) is 0. The second-order valence-electron chi connectivity index (χ2n) is 5.55. The van der Waals surface area contributed by atoms with Gasteiger partial charge in [-0.3, -0.25) is 25.2 Å². The van der Waals surface area contributed by atoms with Crippen LogP contribution in [0.15, 0.2) is 47.4 Å². The highest BCUT2D eigenvalue weighted by Crippen LogP contribution is 2.25. The van der Waals surface area contributed by atoms with E-state index in [1.807, 2.05) is 17.8 Å². The number of pyridine rings is 1. The highest BCUT2D eigenvalue weighted by atomic mass is 19.4. The third-order valence-electron chi connectivity index (χ3n) is 3.37. The van der Waals surface area contributed by atoms with Crippen molar-refractivity contribution < 1.29 is 27.5 Å². The van der Waals surface area contributed by atoms with Gasteiger partial charge in [-0.15, -0.1) is 0 Å². The number of alkyl halides is 3. The maximum absolute atomic E-state index is 12.7. The summed E-state index contributed by atoms with van der Waals surface area (Å²) >= 11 is 0. The molecule has 0 unspecified atom stereocenters. The molecule has 7 nitrogen and oxygen atoms in total. The molecular weight excluding hydrogens is 367 g/mol. The third-order valence-corrected chi connectivity index (χ3v) is 3.37. The number of hydrazine groups is 1. The lowest BCUT2D eigenvalue weighted by molar-refractivity contribution is -0.139. The molecule has 2 aromatic rings. The molecule has 0 radical (unpaired) electrons. The van der Waals surface area contributed by atoms with E-state index in [9.17, 15) is 27.6 Å². The number of aromatic nitrogens is 1. The fraction of sp³-hybridized carbons (Fsp3) is 0.235. The number of hydrogen-bond acceptors (Lipinski definition) is 4. The summed E-state index contributed by atoms with van der Waals surface area (Å²) in [6.07, 6.45) is -3.78.